The predicted octanol–water partition coefficient (Wildman–Crippen LogP) is 2.64. The lowest BCUT2D eigenvalue weighted by molar-refractivity contribution is 0.310. The zero-order valence-corrected chi connectivity index (χ0v) is 17.9. The standard InChI is InChI=1S/C22H24BN3O4S/c27-23-14-19(21-18-6-10-24-22(18)25-15-20(21)30-23)17-7-11-26(12-8-17)31(28,29)13-9-16-4-2-1-3-5-16/h1-6,10,14-15,17,27H,7-9,11-13H2,(H,24,25). The quantitative estimate of drug-likeness (QED) is 0.599. The Hall–Kier alpha value is -2.62. The van der Waals surface area contributed by atoms with Crippen LogP contribution in [-0.2, 0) is 16.4 Å². The van der Waals surface area contributed by atoms with E-state index in [4.69, 9.17) is 4.65 Å². The van der Waals surface area contributed by atoms with Crippen LogP contribution in [0.25, 0.3) is 16.6 Å². The van der Waals surface area contributed by atoms with Crippen molar-refractivity contribution >= 4 is 33.7 Å². The molecule has 160 valence electrons. The summed E-state index contributed by atoms with van der Waals surface area (Å²) in [5, 5.41) is 11.2. The van der Waals surface area contributed by atoms with Crippen molar-refractivity contribution in [1.29, 1.82) is 0 Å². The molecular formula is C22H24BN3O4S. The number of H-pyrrole nitrogens is 1. The molecule has 31 heavy (non-hydrogen) atoms. The van der Waals surface area contributed by atoms with Crippen LogP contribution in [0.1, 0.15) is 24.0 Å². The van der Waals surface area contributed by atoms with Crippen molar-refractivity contribution in [3.05, 3.63) is 65.9 Å². The van der Waals surface area contributed by atoms with E-state index in [1.54, 1.807) is 16.5 Å². The molecule has 0 bridgehead atoms. The van der Waals surface area contributed by atoms with Gasteiger partial charge in [-0.1, -0.05) is 30.3 Å². The molecule has 0 saturated carbocycles. The van der Waals surface area contributed by atoms with Crippen LogP contribution in [0, 0.1) is 5.92 Å². The molecule has 0 unspecified atom stereocenters. The van der Waals surface area contributed by atoms with Gasteiger partial charge in [0.05, 0.1) is 11.9 Å². The number of piperidine rings is 1. The van der Waals surface area contributed by atoms with E-state index >= 15 is 0 Å². The number of hydrogen-bond acceptors (Lipinski definition) is 5. The summed E-state index contributed by atoms with van der Waals surface area (Å²) in [5.74, 6) is 2.59. The minimum atomic E-state index is -3.31. The minimum absolute atomic E-state index is 0.120. The first-order valence-electron chi connectivity index (χ1n) is 10.6. The van der Waals surface area contributed by atoms with Crippen LogP contribution < -0.4 is 4.65 Å². The first kappa shape index (κ1) is 20.3. The van der Waals surface area contributed by atoms with Crippen LogP contribution in [-0.4, -0.2) is 53.7 Å². The summed E-state index contributed by atoms with van der Waals surface area (Å²) < 4.78 is 32.9. The van der Waals surface area contributed by atoms with E-state index in [-0.39, 0.29) is 11.7 Å². The van der Waals surface area contributed by atoms with Gasteiger partial charge in [0.1, 0.15) is 11.4 Å². The number of sulfonamides is 1. The van der Waals surface area contributed by atoms with E-state index in [0.717, 1.165) is 27.7 Å². The number of aromatic amines is 1. The minimum Gasteiger partial charge on any atom is -0.531 e. The van der Waals surface area contributed by atoms with Gasteiger partial charge in [-0.3, -0.25) is 0 Å². The average Bonchev–Trinajstić information content (AvgIpc) is 3.27. The van der Waals surface area contributed by atoms with Gasteiger partial charge in [0, 0.05) is 30.2 Å². The molecule has 3 aromatic rings. The second-order valence-corrected chi connectivity index (χ2v) is 10.2. The molecule has 1 fully saturated rings. The summed E-state index contributed by atoms with van der Waals surface area (Å²) in [4.78, 5) is 7.47. The number of rotatable bonds is 5. The third kappa shape index (κ3) is 4.00. The molecule has 0 aliphatic carbocycles. The zero-order chi connectivity index (χ0) is 21.4. The lowest BCUT2D eigenvalue weighted by atomic mass is 9.74. The second kappa shape index (κ2) is 8.14. The Morgan fingerprint density at radius 2 is 1.97 bits per heavy atom. The normalized spacial score (nSPS) is 18.0. The van der Waals surface area contributed by atoms with Gasteiger partial charge in [0.2, 0.25) is 10.0 Å². The zero-order valence-electron chi connectivity index (χ0n) is 17.1. The highest BCUT2D eigenvalue weighted by molar-refractivity contribution is 7.89. The molecule has 9 heteroatoms. The van der Waals surface area contributed by atoms with Crippen molar-refractivity contribution in [2.24, 2.45) is 5.92 Å². The van der Waals surface area contributed by atoms with Gasteiger partial charge in [-0.25, -0.2) is 17.7 Å². The first-order chi connectivity index (χ1) is 15.0. The average molecular weight is 437 g/mol. The molecule has 1 saturated heterocycles. The number of hydrogen-bond donors (Lipinski definition) is 2. The van der Waals surface area contributed by atoms with Crippen LogP contribution in [0.4, 0.5) is 0 Å². The van der Waals surface area contributed by atoms with Crippen LogP contribution in [0.2, 0.25) is 0 Å². The van der Waals surface area contributed by atoms with Crippen molar-refractivity contribution in [3.8, 4) is 5.75 Å². The van der Waals surface area contributed by atoms with Gasteiger partial charge in [0.25, 0.3) is 0 Å². The largest absolute Gasteiger partial charge is 0.552 e. The Morgan fingerprint density at radius 1 is 1.19 bits per heavy atom. The van der Waals surface area contributed by atoms with Gasteiger partial charge in [-0.2, -0.15) is 0 Å². The van der Waals surface area contributed by atoms with Gasteiger partial charge in [0.15, 0.2) is 0 Å². The number of benzene rings is 1. The molecule has 2 aliphatic heterocycles. The Balaban J connectivity index is 1.31. The molecular weight excluding hydrogens is 413 g/mol. The summed E-state index contributed by atoms with van der Waals surface area (Å²) in [6, 6.07) is 11.7. The summed E-state index contributed by atoms with van der Waals surface area (Å²) >= 11 is 0. The number of nitrogens with zero attached hydrogens (tertiary/aromatic N) is 2. The number of aromatic nitrogens is 2. The van der Waals surface area contributed by atoms with Gasteiger partial charge in [-0.15, -0.1) is 0 Å². The van der Waals surface area contributed by atoms with Gasteiger partial charge >= 0.3 is 7.12 Å². The number of allylic oxidation sites excluding steroid dienone is 1. The highest BCUT2D eigenvalue weighted by Gasteiger charge is 2.34. The van der Waals surface area contributed by atoms with E-state index in [1.807, 2.05) is 42.6 Å². The van der Waals surface area contributed by atoms with Crippen LogP contribution in [0.5, 0.6) is 5.75 Å². The summed E-state index contributed by atoms with van der Waals surface area (Å²) in [5.41, 5.74) is 3.76. The number of aryl methyl sites for hydroxylation is 1. The lowest BCUT2D eigenvalue weighted by Gasteiger charge is -2.34. The molecule has 0 radical (unpaired) electrons. The Kier molecular flexibility index (Phi) is 5.33. The van der Waals surface area contributed by atoms with E-state index in [0.29, 0.717) is 38.1 Å². The predicted molar refractivity (Wildman–Crippen MR) is 121 cm³/mol. The van der Waals surface area contributed by atoms with Crippen LogP contribution >= 0.6 is 0 Å². The van der Waals surface area contributed by atoms with E-state index < -0.39 is 17.1 Å². The molecule has 4 heterocycles. The summed E-state index contributed by atoms with van der Waals surface area (Å²) in [6.45, 7) is 0.958. The molecule has 2 N–H and O–H groups in total. The SMILES string of the molecule is O=S(=O)(CCc1ccccc1)N1CCC(C2=CB(O)Oc3cnc4[nH]ccc4c32)CC1. The van der Waals surface area contributed by atoms with E-state index in [9.17, 15) is 13.4 Å². The molecule has 7 nitrogen and oxygen atoms in total. The molecule has 0 amide bonds. The number of pyridine rings is 1. The smallest absolute Gasteiger partial charge is 0.531 e. The fourth-order valence-electron chi connectivity index (χ4n) is 4.58. The molecule has 0 spiro atoms. The molecule has 2 aliphatic rings. The second-order valence-electron chi connectivity index (χ2n) is 8.09. The van der Waals surface area contributed by atoms with Gasteiger partial charge in [-0.05, 0) is 48.4 Å². The lowest BCUT2D eigenvalue weighted by Crippen LogP contribution is -2.40. The van der Waals surface area contributed by atoms with Crippen molar-refractivity contribution in [2.75, 3.05) is 18.8 Å². The fraction of sp³-hybridized carbons (Fsp3) is 0.318. The fourth-order valence-corrected chi connectivity index (χ4v) is 6.10. The third-order valence-electron chi connectivity index (χ3n) is 6.19. The van der Waals surface area contributed by atoms with E-state index in [1.165, 1.54) is 0 Å². The van der Waals surface area contributed by atoms with Crippen molar-refractivity contribution in [2.45, 2.75) is 19.3 Å². The Morgan fingerprint density at radius 3 is 2.74 bits per heavy atom. The van der Waals surface area contributed by atoms with Crippen LogP contribution in [0.15, 0.2) is 54.8 Å². The maximum Gasteiger partial charge on any atom is 0.552 e. The Labute approximate surface area is 182 Å². The maximum atomic E-state index is 12.9. The van der Waals surface area contributed by atoms with Gasteiger partial charge < -0.3 is 14.7 Å². The monoisotopic (exact) mass is 437 g/mol. The molecule has 5 rings (SSSR count). The van der Waals surface area contributed by atoms with Crippen molar-refractivity contribution in [1.82, 2.24) is 14.3 Å². The Bertz CT molecular complexity index is 1220. The topological polar surface area (TPSA) is 95.5 Å². The number of fused-ring (bicyclic) bond motifs is 3. The summed E-state index contributed by atoms with van der Waals surface area (Å²) in [7, 11) is -4.33. The molecule has 2 aromatic heterocycles. The molecule has 0 atom stereocenters. The first-order valence-corrected chi connectivity index (χ1v) is 12.2. The third-order valence-corrected chi connectivity index (χ3v) is 8.06. The van der Waals surface area contributed by atoms with Crippen molar-refractivity contribution < 1.29 is 18.1 Å². The summed E-state index contributed by atoms with van der Waals surface area (Å²) in [6.07, 6.45) is 5.40. The maximum absolute atomic E-state index is 12.9. The molecule has 1 aromatic carbocycles. The van der Waals surface area contributed by atoms with Crippen LogP contribution in [0.3, 0.4) is 0 Å². The highest BCUT2D eigenvalue weighted by Crippen LogP contribution is 2.42. The number of nitrogens with one attached hydrogen (secondary N) is 1. The highest BCUT2D eigenvalue weighted by atomic mass is 32.2. The van der Waals surface area contributed by atoms with Crippen molar-refractivity contribution in [3.63, 3.8) is 0 Å². The van der Waals surface area contributed by atoms with E-state index in [2.05, 4.69) is 9.97 Å².